The highest BCUT2D eigenvalue weighted by atomic mass is 32.2. The minimum atomic E-state index is -2.85. The molecule has 0 fully saturated rings. The van der Waals surface area contributed by atoms with Gasteiger partial charge < -0.3 is 23.7 Å². The third-order valence-electron chi connectivity index (χ3n) is 9.12. The summed E-state index contributed by atoms with van der Waals surface area (Å²) < 4.78 is 24.6. The number of methoxy groups -OCH3 is 1. The van der Waals surface area contributed by atoms with Gasteiger partial charge in [0.25, 0.3) is 8.32 Å². The standard InChI is InChI=1S/C43H54O6SSi/c1-33(44)49-40(41(45)43(5,6)32-50-37-17-11-8-12-18-37)35(27-29-47-31-34-23-25-36(46-7)26-24-34)28-30-48-51(42(2,3)4,38-19-13-9-14-20-38)39-21-15-10-16-22-39/h8-26,28,40-41,45H,27,29-32H2,1-7H3/b35-28+/t40-,41-/m0/s1. The molecule has 4 aromatic carbocycles. The Hall–Kier alpha value is -3.66. The van der Waals surface area contributed by atoms with Gasteiger partial charge in [-0.15, -0.1) is 11.8 Å². The first-order valence-corrected chi connectivity index (χ1v) is 20.4. The van der Waals surface area contributed by atoms with Gasteiger partial charge in [0.2, 0.25) is 0 Å². The topological polar surface area (TPSA) is 74.2 Å². The van der Waals surface area contributed by atoms with Crippen LogP contribution in [0.15, 0.2) is 132 Å². The van der Waals surface area contributed by atoms with E-state index in [4.69, 9.17) is 18.6 Å². The number of hydrogen-bond donors (Lipinski definition) is 1. The minimum absolute atomic E-state index is 0.212. The molecule has 4 aromatic rings. The van der Waals surface area contributed by atoms with Crippen molar-refractivity contribution in [2.45, 2.75) is 76.7 Å². The Morgan fingerprint density at radius 2 is 1.37 bits per heavy atom. The molecule has 0 aliphatic heterocycles. The molecule has 0 spiro atoms. The fourth-order valence-corrected chi connectivity index (χ4v) is 11.8. The van der Waals surface area contributed by atoms with Crippen LogP contribution in [-0.4, -0.2) is 57.7 Å². The van der Waals surface area contributed by atoms with Gasteiger partial charge in [0, 0.05) is 23.0 Å². The molecule has 0 unspecified atom stereocenters. The Kier molecular flexibility index (Phi) is 14.7. The Morgan fingerprint density at radius 1 is 0.824 bits per heavy atom. The number of aliphatic hydroxyl groups is 1. The molecule has 6 nitrogen and oxygen atoms in total. The van der Waals surface area contributed by atoms with E-state index in [2.05, 4.69) is 81.4 Å². The maximum absolute atomic E-state index is 12.6. The minimum Gasteiger partial charge on any atom is -0.497 e. The van der Waals surface area contributed by atoms with Crippen LogP contribution in [0.1, 0.15) is 53.5 Å². The van der Waals surface area contributed by atoms with E-state index in [1.807, 2.05) is 74.5 Å². The molecule has 0 amide bonds. The predicted octanol–water partition coefficient (Wildman–Crippen LogP) is 8.22. The molecule has 272 valence electrons. The average molecular weight is 727 g/mol. The highest BCUT2D eigenvalue weighted by Crippen LogP contribution is 2.38. The zero-order valence-electron chi connectivity index (χ0n) is 31.1. The molecular weight excluding hydrogens is 673 g/mol. The highest BCUT2D eigenvalue weighted by Gasteiger charge is 2.50. The molecule has 1 N–H and O–H groups in total. The van der Waals surface area contributed by atoms with Crippen molar-refractivity contribution in [1.82, 2.24) is 0 Å². The predicted molar refractivity (Wildman–Crippen MR) is 211 cm³/mol. The molecule has 4 rings (SSSR count). The first kappa shape index (κ1) is 40.1. The fourth-order valence-electron chi connectivity index (χ4n) is 6.30. The zero-order valence-corrected chi connectivity index (χ0v) is 33.0. The van der Waals surface area contributed by atoms with Crippen LogP contribution in [0.25, 0.3) is 0 Å². The number of carbonyl (C=O) groups excluding carboxylic acids is 1. The smallest absolute Gasteiger partial charge is 0.303 e. The van der Waals surface area contributed by atoms with Crippen molar-refractivity contribution in [3.63, 3.8) is 0 Å². The summed E-state index contributed by atoms with van der Waals surface area (Å²) in [4.78, 5) is 13.8. The Labute approximate surface area is 310 Å². The van der Waals surface area contributed by atoms with Gasteiger partial charge in [-0.1, -0.05) is 132 Å². The summed E-state index contributed by atoms with van der Waals surface area (Å²) in [6.45, 7) is 13.2. The van der Waals surface area contributed by atoms with E-state index >= 15 is 0 Å². The maximum atomic E-state index is 12.6. The van der Waals surface area contributed by atoms with Gasteiger partial charge in [0.05, 0.1) is 26.9 Å². The van der Waals surface area contributed by atoms with Crippen molar-refractivity contribution in [2.24, 2.45) is 5.41 Å². The monoisotopic (exact) mass is 726 g/mol. The van der Waals surface area contributed by atoms with Crippen molar-refractivity contribution in [2.75, 3.05) is 26.1 Å². The van der Waals surface area contributed by atoms with Gasteiger partial charge in [-0.2, -0.15) is 0 Å². The van der Waals surface area contributed by atoms with Crippen molar-refractivity contribution >= 4 is 36.4 Å². The van der Waals surface area contributed by atoms with E-state index in [1.165, 1.54) is 17.3 Å². The van der Waals surface area contributed by atoms with E-state index in [-0.39, 0.29) is 11.6 Å². The molecule has 0 aromatic heterocycles. The van der Waals surface area contributed by atoms with E-state index < -0.39 is 31.9 Å². The van der Waals surface area contributed by atoms with Crippen molar-refractivity contribution in [3.8, 4) is 5.75 Å². The highest BCUT2D eigenvalue weighted by molar-refractivity contribution is 7.99. The lowest BCUT2D eigenvalue weighted by atomic mass is 9.82. The zero-order chi connectivity index (χ0) is 36.9. The number of hydrogen-bond acceptors (Lipinski definition) is 7. The first-order chi connectivity index (χ1) is 24.4. The van der Waals surface area contributed by atoms with E-state index in [0.29, 0.717) is 25.4 Å². The molecule has 0 aliphatic rings. The lowest BCUT2D eigenvalue weighted by Crippen LogP contribution is -2.66. The lowest BCUT2D eigenvalue weighted by Gasteiger charge is -2.43. The summed E-state index contributed by atoms with van der Waals surface area (Å²) >= 11 is 1.67. The van der Waals surface area contributed by atoms with Crippen molar-refractivity contribution in [3.05, 3.63) is 132 Å². The SMILES string of the molecule is COc1ccc(COCC/C(=C\CO[Si](c2ccccc2)(c2ccccc2)C(C)(C)C)[C@H](OC(C)=O)[C@H](O)C(C)(C)CSc2ccccc2)cc1. The number of aliphatic hydroxyl groups excluding tert-OH is 1. The largest absolute Gasteiger partial charge is 0.497 e. The van der Waals surface area contributed by atoms with Crippen LogP contribution in [-0.2, 0) is 25.3 Å². The van der Waals surface area contributed by atoms with Crippen LogP contribution < -0.4 is 15.1 Å². The maximum Gasteiger partial charge on any atom is 0.303 e. The van der Waals surface area contributed by atoms with E-state index in [1.54, 1.807) is 18.9 Å². The van der Waals surface area contributed by atoms with Crippen LogP contribution in [0.3, 0.4) is 0 Å². The molecular formula is C43H54O6SSi. The van der Waals surface area contributed by atoms with Crippen LogP contribution in [0.4, 0.5) is 0 Å². The molecule has 51 heavy (non-hydrogen) atoms. The van der Waals surface area contributed by atoms with E-state index in [9.17, 15) is 9.90 Å². The molecule has 0 saturated heterocycles. The van der Waals surface area contributed by atoms with Crippen LogP contribution in [0, 0.1) is 5.41 Å². The number of esters is 1. The van der Waals surface area contributed by atoms with Crippen LogP contribution in [0.5, 0.6) is 5.75 Å². The number of ether oxygens (including phenoxy) is 3. The molecule has 8 heteroatoms. The summed E-state index contributed by atoms with van der Waals surface area (Å²) in [5, 5.41) is 14.2. The summed E-state index contributed by atoms with van der Waals surface area (Å²) in [5.74, 6) is 0.954. The molecule has 0 aliphatic carbocycles. The van der Waals surface area contributed by atoms with Gasteiger partial charge in [-0.05, 0) is 57.2 Å². The van der Waals surface area contributed by atoms with Crippen molar-refractivity contribution in [1.29, 1.82) is 0 Å². The molecule has 2 atom stereocenters. The Bertz CT molecular complexity index is 1610. The average Bonchev–Trinajstić information content (AvgIpc) is 3.13. The molecule has 0 bridgehead atoms. The third kappa shape index (κ3) is 10.9. The molecule has 0 heterocycles. The summed E-state index contributed by atoms with van der Waals surface area (Å²) in [6.07, 6.45) is 0.574. The lowest BCUT2D eigenvalue weighted by molar-refractivity contribution is -0.153. The van der Waals surface area contributed by atoms with Gasteiger partial charge >= 0.3 is 5.97 Å². The van der Waals surface area contributed by atoms with Gasteiger partial charge in [0.15, 0.2) is 0 Å². The number of rotatable bonds is 18. The number of carbonyl (C=O) groups is 1. The van der Waals surface area contributed by atoms with Gasteiger partial charge in [0.1, 0.15) is 18.0 Å². The number of thioether (sulfide) groups is 1. The Balaban J connectivity index is 1.67. The fraction of sp³-hybridized carbons (Fsp3) is 0.372. The van der Waals surface area contributed by atoms with Gasteiger partial charge in [-0.3, -0.25) is 4.79 Å². The second-order valence-corrected chi connectivity index (χ2v) is 19.8. The second kappa shape index (κ2) is 18.7. The quantitative estimate of drug-likeness (QED) is 0.0364. The second-order valence-electron chi connectivity index (χ2n) is 14.5. The summed E-state index contributed by atoms with van der Waals surface area (Å²) in [5.41, 5.74) is 1.18. The van der Waals surface area contributed by atoms with Gasteiger partial charge in [-0.25, -0.2) is 0 Å². The molecule has 0 saturated carbocycles. The normalized spacial score (nSPS) is 13.8. The summed E-state index contributed by atoms with van der Waals surface area (Å²) in [7, 11) is -1.20. The van der Waals surface area contributed by atoms with Crippen LogP contribution >= 0.6 is 11.8 Å². The molecule has 0 radical (unpaired) electrons. The first-order valence-electron chi connectivity index (χ1n) is 17.5. The van der Waals surface area contributed by atoms with Crippen molar-refractivity contribution < 1.29 is 28.5 Å². The summed E-state index contributed by atoms with van der Waals surface area (Å²) in [6, 6.07) is 38.9. The third-order valence-corrected chi connectivity index (χ3v) is 15.6. The Morgan fingerprint density at radius 3 is 1.88 bits per heavy atom. The number of benzene rings is 4. The van der Waals surface area contributed by atoms with Crippen LogP contribution in [0.2, 0.25) is 5.04 Å². The van der Waals surface area contributed by atoms with E-state index in [0.717, 1.165) is 21.8 Å².